The zero-order valence-corrected chi connectivity index (χ0v) is 14.7. The summed E-state index contributed by atoms with van der Waals surface area (Å²) in [6, 6.07) is 9.28. The molecule has 0 saturated heterocycles. The number of phenols is 1. The fourth-order valence-corrected chi connectivity index (χ4v) is 2.27. The first-order valence-corrected chi connectivity index (χ1v) is 7.70. The van der Waals surface area contributed by atoms with Crippen LogP contribution in [-0.4, -0.2) is 37.3 Å². The smallest absolute Gasteiger partial charge is 0.203 e. The molecule has 0 amide bonds. The molecule has 26 heavy (non-hydrogen) atoms. The van der Waals surface area contributed by atoms with Crippen molar-refractivity contribution in [1.82, 2.24) is 0 Å². The molecule has 2 aromatic carbocycles. The first-order valence-electron chi connectivity index (χ1n) is 7.70. The van der Waals surface area contributed by atoms with Crippen LogP contribution in [0, 0.1) is 0 Å². The predicted molar refractivity (Wildman–Crippen MR) is 98.9 cm³/mol. The molecule has 6 heteroatoms. The molecule has 136 valence electrons. The van der Waals surface area contributed by atoms with E-state index in [1.165, 1.54) is 51.7 Å². The minimum absolute atomic E-state index is 0.0789. The van der Waals surface area contributed by atoms with Crippen molar-refractivity contribution in [2.75, 3.05) is 21.3 Å². The summed E-state index contributed by atoms with van der Waals surface area (Å²) in [6.45, 7) is 0. The number of carbonyl (C=O) groups is 1. The Kier molecular flexibility index (Phi) is 6.27. The minimum atomic E-state index is -0.399. The van der Waals surface area contributed by atoms with Crippen molar-refractivity contribution in [3.63, 3.8) is 0 Å². The summed E-state index contributed by atoms with van der Waals surface area (Å²) in [4.78, 5) is 12.0. The van der Waals surface area contributed by atoms with Gasteiger partial charge >= 0.3 is 0 Å². The lowest BCUT2D eigenvalue weighted by Crippen LogP contribution is -1.96. The molecule has 0 aliphatic carbocycles. The highest BCUT2D eigenvalue weighted by Crippen LogP contribution is 2.38. The molecule has 0 atom stereocenters. The first-order chi connectivity index (χ1) is 12.5. The SMILES string of the molecule is COc1cc(/C=C/C(=O)C=C(O)c2ccc(O)cc2)cc(OC)c1OC. The van der Waals surface area contributed by atoms with E-state index in [4.69, 9.17) is 14.2 Å². The quantitative estimate of drug-likeness (QED) is 0.582. The van der Waals surface area contributed by atoms with E-state index in [2.05, 4.69) is 0 Å². The van der Waals surface area contributed by atoms with E-state index in [0.717, 1.165) is 6.08 Å². The van der Waals surface area contributed by atoms with E-state index >= 15 is 0 Å². The molecule has 0 bridgehead atoms. The third kappa shape index (κ3) is 4.57. The Balaban J connectivity index is 2.22. The van der Waals surface area contributed by atoms with E-state index < -0.39 is 5.78 Å². The van der Waals surface area contributed by atoms with Gasteiger partial charge in [-0.2, -0.15) is 0 Å². The van der Waals surface area contributed by atoms with Crippen LogP contribution in [0.15, 0.2) is 48.6 Å². The summed E-state index contributed by atoms with van der Waals surface area (Å²) < 4.78 is 15.8. The Bertz CT molecular complexity index is 809. The Morgan fingerprint density at radius 3 is 2.04 bits per heavy atom. The van der Waals surface area contributed by atoms with Gasteiger partial charge in [-0.1, -0.05) is 6.08 Å². The highest BCUT2D eigenvalue weighted by molar-refractivity contribution is 6.05. The molecule has 2 aromatic rings. The van der Waals surface area contributed by atoms with Gasteiger partial charge in [0.05, 0.1) is 21.3 Å². The summed E-state index contributed by atoms with van der Waals surface area (Å²) in [7, 11) is 4.53. The third-order valence-electron chi connectivity index (χ3n) is 3.57. The first kappa shape index (κ1) is 18.9. The number of aromatic hydroxyl groups is 1. The Hall–Kier alpha value is -3.41. The van der Waals surface area contributed by atoms with Gasteiger partial charge in [-0.05, 0) is 48.0 Å². The van der Waals surface area contributed by atoms with E-state index in [9.17, 15) is 15.0 Å². The second kappa shape index (κ2) is 8.62. The Morgan fingerprint density at radius 1 is 0.962 bits per heavy atom. The summed E-state index contributed by atoms with van der Waals surface area (Å²) in [5.41, 5.74) is 1.10. The van der Waals surface area contributed by atoms with Crippen molar-refractivity contribution in [1.29, 1.82) is 0 Å². The van der Waals surface area contributed by atoms with E-state index in [0.29, 0.717) is 28.4 Å². The highest BCUT2D eigenvalue weighted by Gasteiger charge is 2.12. The summed E-state index contributed by atoms with van der Waals surface area (Å²) in [6.07, 6.45) is 3.99. The molecule has 2 rings (SSSR count). The molecule has 6 nitrogen and oxygen atoms in total. The number of aliphatic hydroxyl groups is 1. The number of ether oxygens (including phenoxy) is 3. The average Bonchev–Trinajstić information content (AvgIpc) is 2.65. The topological polar surface area (TPSA) is 85.2 Å². The largest absolute Gasteiger partial charge is 0.508 e. The molecule has 0 aliphatic rings. The molecule has 0 fully saturated rings. The number of benzene rings is 2. The number of ketones is 1. The number of phenolic OH excluding ortho intramolecular Hbond substituents is 1. The Labute approximate surface area is 151 Å². The van der Waals surface area contributed by atoms with Crippen molar-refractivity contribution in [2.24, 2.45) is 0 Å². The zero-order valence-electron chi connectivity index (χ0n) is 14.7. The maximum absolute atomic E-state index is 12.0. The number of methoxy groups -OCH3 is 3. The summed E-state index contributed by atoms with van der Waals surface area (Å²) >= 11 is 0. The van der Waals surface area contributed by atoms with Crippen molar-refractivity contribution in [2.45, 2.75) is 0 Å². The number of aliphatic hydroxyl groups excluding tert-OH is 1. The molecule has 2 N–H and O–H groups in total. The van der Waals surface area contributed by atoms with E-state index in [-0.39, 0.29) is 11.5 Å². The fraction of sp³-hybridized carbons (Fsp3) is 0.150. The maximum Gasteiger partial charge on any atom is 0.203 e. The van der Waals surface area contributed by atoms with Gasteiger partial charge in [0.1, 0.15) is 11.5 Å². The lowest BCUT2D eigenvalue weighted by atomic mass is 10.1. The van der Waals surface area contributed by atoms with Gasteiger partial charge in [0.2, 0.25) is 5.75 Å². The van der Waals surface area contributed by atoms with E-state index in [1.54, 1.807) is 18.2 Å². The third-order valence-corrected chi connectivity index (χ3v) is 3.57. The van der Waals surface area contributed by atoms with Crippen LogP contribution < -0.4 is 14.2 Å². The fourth-order valence-electron chi connectivity index (χ4n) is 2.27. The van der Waals surface area contributed by atoms with Crippen LogP contribution in [0.5, 0.6) is 23.0 Å². The van der Waals surface area contributed by atoms with Gasteiger partial charge in [0.25, 0.3) is 0 Å². The highest BCUT2D eigenvalue weighted by atomic mass is 16.5. The lowest BCUT2D eigenvalue weighted by molar-refractivity contribution is -0.110. The molecule has 0 radical (unpaired) electrons. The number of hydrogen-bond acceptors (Lipinski definition) is 6. The molecule has 0 unspecified atom stereocenters. The second-order valence-corrected chi connectivity index (χ2v) is 5.27. The number of allylic oxidation sites excluding steroid dienone is 2. The van der Waals surface area contributed by atoms with Gasteiger partial charge in [0.15, 0.2) is 17.3 Å². The number of rotatable bonds is 7. The summed E-state index contributed by atoms with van der Waals surface area (Å²) in [5.74, 6) is 0.898. The second-order valence-electron chi connectivity index (χ2n) is 5.27. The molecule has 0 heterocycles. The molecule has 0 spiro atoms. The normalized spacial score (nSPS) is 11.4. The van der Waals surface area contributed by atoms with Crippen LogP contribution in [0.1, 0.15) is 11.1 Å². The monoisotopic (exact) mass is 356 g/mol. The van der Waals surface area contributed by atoms with Crippen LogP contribution >= 0.6 is 0 Å². The molecule has 0 aromatic heterocycles. The lowest BCUT2D eigenvalue weighted by Gasteiger charge is -2.12. The van der Waals surface area contributed by atoms with Gasteiger partial charge in [-0.3, -0.25) is 4.79 Å². The molecule has 0 saturated carbocycles. The standard InChI is InChI=1S/C20H20O6/c1-24-18-10-13(11-19(25-2)20(18)26-3)4-7-16(22)12-17(23)14-5-8-15(21)9-6-14/h4-12,21,23H,1-3H3/b7-4+,17-12?. The van der Waals surface area contributed by atoms with Crippen LogP contribution in [-0.2, 0) is 4.79 Å². The van der Waals surface area contributed by atoms with Crippen LogP contribution in [0.3, 0.4) is 0 Å². The number of hydrogen-bond donors (Lipinski definition) is 2. The van der Waals surface area contributed by atoms with Crippen molar-refractivity contribution in [3.8, 4) is 23.0 Å². The molecular weight excluding hydrogens is 336 g/mol. The van der Waals surface area contributed by atoms with Crippen LogP contribution in [0.25, 0.3) is 11.8 Å². The minimum Gasteiger partial charge on any atom is -0.508 e. The van der Waals surface area contributed by atoms with Crippen molar-refractivity contribution >= 4 is 17.6 Å². The van der Waals surface area contributed by atoms with Crippen LogP contribution in [0.4, 0.5) is 0 Å². The van der Waals surface area contributed by atoms with Gasteiger partial charge < -0.3 is 24.4 Å². The van der Waals surface area contributed by atoms with E-state index in [1.807, 2.05) is 0 Å². The molecular formula is C20H20O6. The number of carbonyl (C=O) groups excluding carboxylic acids is 1. The molecule has 0 aliphatic heterocycles. The van der Waals surface area contributed by atoms with Crippen molar-refractivity contribution in [3.05, 3.63) is 59.7 Å². The van der Waals surface area contributed by atoms with Gasteiger partial charge in [-0.25, -0.2) is 0 Å². The Morgan fingerprint density at radius 2 is 1.54 bits per heavy atom. The zero-order chi connectivity index (χ0) is 19.1. The predicted octanol–water partition coefficient (Wildman–Crippen LogP) is 3.60. The van der Waals surface area contributed by atoms with Crippen LogP contribution in [0.2, 0.25) is 0 Å². The summed E-state index contributed by atoms with van der Waals surface area (Å²) in [5, 5.41) is 19.2. The average molecular weight is 356 g/mol. The maximum atomic E-state index is 12.0. The van der Waals surface area contributed by atoms with Crippen molar-refractivity contribution < 1.29 is 29.2 Å². The van der Waals surface area contributed by atoms with Gasteiger partial charge in [0, 0.05) is 11.6 Å². The van der Waals surface area contributed by atoms with Gasteiger partial charge in [-0.15, -0.1) is 0 Å².